The van der Waals surface area contributed by atoms with Crippen LogP contribution >= 0.6 is 0 Å². The molecule has 18 heavy (non-hydrogen) atoms. The monoisotopic (exact) mass is 257 g/mol. The van der Waals surface area contributed by atoms with Gasteiger partial charge in [-0.2, -0.15) is 0 Å². The molecule has 7 nitrogen and oxygen atoms in total. The van der Waals surface area contributed by atoms with Gasteiger partial charge < -0.3 is 21.5 Å². The van der Waals surface area contributed by atoms with Crippen molar-refractivity contribution in [3.63, 3.8) is 0 Å². The Morgan fingerprint density at radius 1 is 1.44 bits per heavy atom. The summed E-state index contributed by atoms with van der Waals surface area (Å²) in [6.07, 6.45) is -0.0410. The first-order chi connectivity index (χ1) is 8.41. The summed E-state index contributed by atoms with van der Waals surface area (Å²) in [5, 5.41) is 14.5. The van der Waals surface area contributed by atoms with Crippen LogP contribution in [0.1, 0.15) is 19.8 Å². The minimum atomic E-state index is -1.15. The highest BCUT2D eigenvalue weighted by molar-refractivity contribution is 5.86. The molecular weight excluding hydrogens is 238 g/mol. The first-order valence-corrected chi connectivity index (χ1v) is 5.94. The quantitative estimate of drug-likeness (QED) is 0.470. The zero-order chi connectivity index (χ0) is 13.7. The van der Waals surface area contributed by atoms with Gasteiger partial charge in [-0.3, -0.25) is 9.59 Å². The SMILES string of the molecule is C[C@@H]1CNC[C@H]1C(=O)NC(CCC(N)=O)C(=O)O. The predicted molar refractivity (Wildman–Crippen MR) is 63.5 cm³/mol. The van der Waals surface area contributed by atoms with Gasteiger partial charge in [-0.05, 0) is 18.9 Å². The summed E-state index contributed by atoms with van der Waals surface area (Å²) in [6.45, 7) is 3.23. The lowest BCUT2D eigenvalue weighted by Crippen LogP contribution is -2.45. The number of carbonyl (C=O) groups excluding carboxylic acids is 2. The molecule has 1 saturated heterocycles. The maximum atomic E-state index is 11.9. The second-order valence-corrected chi connectivity index (χ2v) is 4.65. The fourth-order valence-corrected chi connectivity index (χ4v) is 1.98. The van der Waals surface area contributed by atoms with Gasteiger partial charge >= 0.3 is 5.97 Å². The van der Waals surface area contributed by atoms with Crippen molar-refractivity contribution in [1.29, 1.82) is 0 Å². The Morgan fingerprint density at radius 3 is 2.56 bits per heavy atom. The number of hydrogen-bond acceptors (Lipinski definition) is 4. The van der Waals surface area contributed by atoms with Crippen molar-refractivity contribution >= 4 is 17.8 Å². The summed E-state index contributed by atoms with van der Waals surface area (Å²) in [5.41, 5.74) is 4.96. The second-order valence-electron chi connectivity index (χ2n) is 4.65. The molecule has 0 radical (unpaired) electrons. The van der Waals surface area contributed by atoms with Crippen LogP contribution in [-0.4, -0.2) is 42.0 Å². The van der Waals surface area contributed by atoms with Crippen LogP contribution in [0.5, 0.6) is 0 Å². The van der Waals surface area contributed by atoms with E-state index in [1.54, 1.807) is 0 Å². The van der Waals surface area contributed by atoms with Gasteiger partial charge in [-0.15, -0.1) is 0 Å². The van der Waals surface area contributed by atoms with Gasteiger partial charge in [0.05, 0.1) is 5.92 Å². The van der Waals surface area contributed by atoms with Crippen LogP contribution in [0.2, 0.25) is 0 Å². The van der Waals surface area contributed by atoms with Gasteiger partial charge in [0.2, 0.25) is 11.8 Å². The Balaban J connectivity index is 2.52. The fourth-order valence-electron chi connectivity index (χ4n) is 1.98. The summed E-state index contributed by atoms with van der Waals surface area (Å²) >= 11 is 0. The van der Waals surface area contributed by atoms with E-state index < -0.39 is 17.9 Å². The van der Waals surface area contributed by atoms with Gasteiger partial charge in [0.15, 0.2) is 0 Å². The molecule has 0 aromatic rings. The Morgan fingerprint density at radius 2 is 2.11 bits per heavy atom. The molecule has 102 valence electrons. The number of primary amides is 1. The molecule has 0 aromatic carbocycles. The molecule has 0 aliphatic carbocycles. The summed E-state index contributed by atoms with van der Waals surface area (Å²) in [7, 11) is 0. The van der Waals surface area contributed by atoms with E-state index in [2.05, 4.69) is 10.6 Å². The van der Waals surface area contributed by atoms with E-state index in [0.29, 0.717) is 6.54 Å². The molecule has 1 unspecified atom stereocenters. The molecule has 2 amide bonds. The minimum absolute atomic E-state index is 0.0188. The molecule has 1 aliphatic heterocycles. The van der Waals surface area contributed by atoms with Crippen molar-refractivity contribution in [3.05, 3.63) is 0 Å². The summed E-state index contributed by atoms with van der Waals surface area (Å²) in [4.78, 5) is 33.5. The van der Waals surface area contributed by atoms with Gasteiger partial charge in [-0.1, -0.05) is 6.92 Å². The normalized spacial score (nSPS) is 24.5. The lowest BCUT2D eigenvalue weighted by Gasteiger charge is -2.18. The van der Waals surface area contributed by atoms with Crippen LogP contribution in [0.3, 0.4) is 0 Å². The molecule has 0 saturated carbocycles. The zero-order valence-corrected chi connectivity index (χ0v) is 10.3. The lowest BCUT2D eigenvalue weighted by atomic mass is 9.96. The number of rotatable bonds is 6. The number of nitrogens with two attached hydrogens (primary N) is 1. The zero-order valence-electron chi connectivity index (χ0n) is 10.3. The Labute approximate surface area is 105 Å². The molecule has 1 fully saturated rings. The number of carbonyl (C=O) groups is 3. The standard InChI is InChI=1S/C11H19N3O4/c1-6-4-13-5-7(6)10(16)14-8(11(17)18)2-3-9(12)15/h6-8,13H,2-5H2,1H3,(H2,12,15)(H,14,16)(H,17,18)/t6-,7-,8?/m1/s1. The van der Waals surface area contributed by atoms with E-state index in [0.717, 1.165) is 6.54 Å². The fraction of sp³-hybridized carbons (Fsp3) is 0.727. The van der Waals surface area contributed by atoms with E-state index in [9.17, 15) is 14.4 Å². The molecule has 0 bridgehead atoms. The summed E-state index contributed by atoms with van der Waals surface area (Å²) in [5.74, 6) is -2.06. The third-order valence-electron chi connectivity index (χ3n) is 3.15. The van der Waals surface area contributed by atoms with Crippen molar-refractivity contribution in [2.75, 3.05) is 13.1 Å². The number of hydrogen-bond donors (Lipinski definition) is 4. The summed E-state index contributed by atoms with van der Waals surface area (Å²) in [6, 6.07) is -1.06. The van der Waals surface area contributed by atoms with Gasteiger partial charge in [0.1, 0.15) is 6.04 Å². The molecule has 3 atom stereocenters. The second kappa shape index (κ2) is 6.34. The van der Waals surface area contributed by atoms with Gasteiger partial charge in [0, 0.05) is 13.0 Å². The average molecular weight is 257 g/mol. The molecule has 0 aromatic heterocycles. The maximum absolute atomic E-state index is 11.9. The van der Waals surface area contributed by atoms with Crippen LogP contribution in [0.4, 0.5) is 0 Å². The highest BCUT2D eigenvalue weighted by Gasteiger charge is 2.32. The molecule has 1 heterocycles. The van der Waals surface area contributed by atoms with Crippen LogP contribution in [0.25, 0.3) is 0 Å². The van der Waals surface area contributed by atoms with E-state index in [1.165, 1.54) is 0 Å². The van der Waals surface area contributed by atoms with Crippen LogP contribution in [-0.2, 0) is 14.4 Å². The van der Waals surface area contributed by atoms with Crippen LogP contribution < -0.4 is 16.4 Å². The van der Waals surface area contributed by atoms with Crippen molar-refractivity contribution in [2.24, 2.45) is 17.6 Å². The Hall–Kier alpha value is -1.63. The number of carboxylic acids is 1. The number of nitrogens with one attached hydrogen (secondary N) is 2. The van der Waals surface area contributed by atoms with Crippen LogP contribution in [0.15, 0.2) is 0 Å². The first-order valence-electron chi connectivity index (χ1n) is 5.94. The molecule has 7 heteroatoms. The smallest absolute Gasteiger partial charge is 0.326 e. The first kappa shape index (κ1) is 14.4. The Bertz CT molecular complexity index is 345. The highest BCUT2D eigenvalue weighted by atomic mass is 16.4. The van der Waals surface area contributed by atoms with Crippen molar-refractivity contribution in [2.45, 2.75) is 25.8 Å². The predicted octanol–water partition coefficient (Wildman–Crippen LogP) is -1.32. The average Bonchev–Trinajstić information content (AvgIpc) is 2.69. The molecule has 5 N–H and O–H groups in total. The largest absolute Gasteiger partial charge is 0.480 e. The topological polar surface area (TPSA) is 122 Å². The van der Waals surface area contributed by atoms with E-state index in [1.807, 2.05) is 6.92 Å². The molecule has 1 aliphatic rings. The number of aliphatic carboxylic acids is 1. The summed E-state index contributed by atoms with van der Waals surface area (Å²) < 4.78 is 0. The third kappa shape index (κ3) is 3.99. The molecular formula is C11H19N3O4. The van der Waals surface area contributed by atoms with E-state index in [-0.39, 0.29) is 30.6 Å². The maximum Gasteiger partial charge on any atom is 0.326 e. The third-order valence-corrected chi connectivity index (χ3v) is 3.15. The number of carboxylic acid groups (broad SMARTS) is 1. The van der Waals surface area contributed by atoms with Gasteiger partial charge in [0.25, 0.3) is 0 Å². The molecule has 1 rings (SSSR count). The van der Waals surface area contributed by atoms with E-state index >= 15 is 0 Å². The van der Waals surface area contributed by atoms with Gasteiger partial charge in [-0.25, -0.2) is 4.79 Å². The molecule has 0 spiro atoms. The Kier molecular flexibility index (Phi) is 5.08. The van der Waals surface area contributed by atoms with Crippen LogP contribution in [0, 0.1) is 11.8 Å². The minimum Gasteiger partial charge on any atom is -0.480 e. The van der Waals surface area contributed by atoms with Crippen molar-refractivity contribution < 1.29 is 19.5 Å². The van der Waals surface area contributed by atoms with Crippen molar-refractivity contribution in [3.8, 4) is 0 Å². The van der Waals surface area contributed by atoms with Crippen molar-refractivity contribution in [1.82, 2.24) is 10.6 Å². The lowest BCUT2D eigenvalue weighted by molar-refractivity contribution is -0.142. The van der Waals surface area contributed by atoms with E-state index in [4.69, 9.17) is 10.8 Å². The number of amides is 2. The highest BCUT2D eigenvalue weighted by Crippen LogP contribution is 2.16.